The number of hydrogen-bond donors (Lipinski definition) is 1. The number of amides is 1. The van der Waals surface area contributed by atoms with Crippen LogP contribution < -0.4 is 5.32 Å². The number of nitrogens with one attached hydrogen (secondary N) is 1. The highest BCUT2D eigenvalue weighted by molar-refractivity contribution is 5.84. The molecule has 0 aromatic heterocycles. The van der Waals surface area contributed by atoms with Crippen molar-refractivity contribution in [1.29, 1.82) is 0 Å². The van der Waals surface area contributed by atoms with Crippen LogP contribution in [0.2, 0.25) is 0 Å². The maximum Gasteiger partial charge on any atom is 0.407 e. The molecule has 0 radical (unpaired) electrons. The zero-order chi connectivity index (χ0) is 12.5. The van der Waals surface area contributed by atoms with Gasteiger partial charge in [-0.2, -0.15) is 0 Å². The zero-order valence-corrected chi connectivity index (χ0v) is 10.4. The molecule has 0 heterocycles. The summed E-state index contributed by atoms with van der Waals surface area (Å²) in [5, 5.41) is 2.58. The van der Waals surface area contributed by atoms with Gasteiger partial charge in [0, 0.05) is 6.54 Å². The van der Waals surface area contributed by atoms with Gasteiger partial charge in [0.1, 0.15) is 12.4 Å². The number of ketones is 1. The first-order valence-corrected chi connectivity index (χ1v) is 6.18. The standard InChI is InChI=1S/C13H19NO3/c1-3-14-12(16)17-8-13(9(2)15)7-10-4-5-11(13)6-10/h4-5,10-11H,3,6-8H2,1-2H3,(H,14,16)/t10-,11+,13+/m1/s1. The van der Waals surface area contributed by atoms with Crippen LogP contribution in [0.25, 0.3) is 0 Å². The summed E-state index contributed by atoms with van der Waals surface area (Å²) in [4.78, 5) is 23.2. The lowest BCUT2D eigenvalue weighted by molar-refractivity contribution is -0.130. The molecule has 1 amide bonds. The van der Waals surface area contributed by atoms with Crippen molar-refractivity contribution < 1.29 is 14.3 Å². The number of hydrogen-bond acceptors (Lipinski definition) is 3. The molecule has 1 fully saturated rings. The molecular formula is C13H19NO3. The van der Waals surface area contributed by atoms with E-state index in [0.717, 1.165) is 12.8 Å². The fourth-order valence-corrected chi connectivity index (χ4v) is 3.02. The highest BCUT2D eigenvalue weighted by Crippen LogP contribution is 2.52. The molecule has 0 aromatic carbocycles. The summed E-state index contributed by atoms with van der Waals surface area (Å²) in [7, 11) is 0. The smallest absolute Gasteiger partial charge is 0.407 e. The van der Waals surface area contributed by atoms with E-state index in [1.807, 2.05) is 6.92 Å². The maximum absolute atomic E-state index is 11.9. The molecule has 0 aliphatic heterocycles. The Morgan fingerprint density at radius 3 is 2.71 bits per heavy atom. The maximum atomic E-state index is 11.9. The van der Waals surface area contributed by atoms with Crippen LogP contribution in [0.15, 0.2) is 12.2 Å². The van der Waals surface area contributed by atoms with Crippen molar-refractivity contribution in [2.45, 2.75) is 26.7 Å². The second-order valence-corrected chi connectivity index (χ2v) is 5.01. The Bertz CT molecular complexity index is 364. The molecule has 0 spiro atoms. The van der Waals surface area contributed by atoms with E-state index in [-0.39, 0.29) is 18.3 Å². The number of allylic oxidation sites excluding steroid dienone is 2. The normalized spacial score (nSPS) is 33.8. The minimum Gasteiger partial charge on any atom is -0.448 e. The largest absolute Gasteiger partial charge is 0.448 e. The molecular weight excluding hydrogens is 218 g/mol. The topological polar surface area (TPSA) is 55.4 Å². The minimum absolute atomic E-state index is 0.138. The summed E-state index contributed by atoms with van der Waals surface area (Å²) in [6.45, 7) is 4.19. The Hall–Kier alpha value is -1.32. The van der Waals surface area contributed by atoms with Gasteiger partial charge in [-0.1, -0.05) is 12.2 Å². The van der Waals surface area contributed by atoms with Crippen molar-refractivity contribution in [1.82, 2.24) is 5.32 Å². The lowest BCUT2D eigenvalue weighted by Gasteiger charge is -2.32. The first-order valence-electron chi connectivity index (χ1n) is 6.18. The van der Waals surface area contributed by atoms with E-state index in [1.54, 1.807) is 6.92 Å². The van der Waals surface area contributed by atoms with Crippen molar-refractivity contribution in [3.05, 3.63) is 12.2 Å². The molecule has 2 rings (SSSR count). The Labute approximate surface area is 101 Å². The molecule has 4 nitrogen and oxygen atoms in total. The average molecular weight is 237 g/mol. The first kappa shape index (κ1) is 12.1. The van der Waals surface area contributed by atoms with Gasteiger partial charge < -0.3 is 10.1 Å². The second-order valence-electron chi connectivity index (χ2n) is 5.01. The van der Waals surface area contributed by atoms with Crippen LogP contribution in [0.3, 0.4) is 0 Å². The second kappa shape index (κ2) is 4.51. The zero-order valence-electron chi connectivity index (χ0n) is 10.4. The van der Waals surface area contributed by atoms with Crippen LogP contribution >= 0.6 is 0 Å². The molecule has 0 unspecified atom stereocenters. The molecule has 4 heteroatoms. The molecule has 17 heavy (non-hydrogen) atoms. The lowest BCUT2D eigenvalue weighted by atomic mass is 9.73. The van der Waals surface area contributed by atoms with E-state index in [2.05, 4.69) is 17.5 Å². The molecule has 1 saturated carbocycles. The Balaban J connectivity index is 2.02. The number of Topliss-reactive ketones (excluding diaryl/α,β-unsaturated/α-hetero) is 1. The predicted octanol–water partition coefficient (Wildman–Crippen LogP) is 1.90. The van der Waals surface area contributed by atoms with Gasteiger partial charge in [-0.3, -0.25) is 4.79 Å². The molecule has 3 atom stereocenters. The van der Waals surface area contributed by atoms with Crippen LogP contribution in [0.5, 0.6) is 0 Å². The summed E-state index contributed by atoms with van der Waals surface area (Å²) >= 11 is 0. The van der Waals surface area contributed by atoms with Crippen molar-refractivity contribution >= 4 is 11.9 Å². The third kappa shape index (κ3) is 2.08. The van der Waals surface area contributed by atoms with Crippen LogP contribution in [-0.4, -0.2) is 25.0 Å². The SMILES string of the molecule is CCNC(=O)OC[C@]1(C(C)=O)C[C@@H]2C=C[C@H]1C2. The fraction of sp³-hybridized carbons (Fsp3) is 0.692. The van der Waals surface area contributed by atoms with Gasteiger partial charge in [0.25, 0.3) is 0 Å². The molecule has 1 N–H and O–H groups in total. The quantitative estimate of drug-likeness (QED) is 0.760. The number of carbonyl (C=O) groups excluding carboxylic acids is 2. The third-order valence-corrected chi connectivity index (χ3v) is 3.99. The van der Waals surface area contributed by atoms with E-state index >= 15 is 0 Å². The Morgan fingerprint density at radius 2 is 2.24 bits per heavy atom. The van der Waals surface area contributed by atoms with Gasteiger partial charge in [-0.15, -0.1) is 0 Å². The number of rotatable bonds is 4. The van der Waals surface area contributed by atoms with Crippen molar-refractivity contribution in [2.75, 3.05) is 13.2 Å². The van der Waals surface area contributed by atoms with E-state index in [9.17, 15) is 9.59 Å². The predicted molar refractivity (Wildman–Crippen MR) is 63.5 cm³/mol. The number of fused-ring (bicyclic) bond motifs is 2. The molecule has 0 saturated heterocycles. The molecule has 2 bridgehead atoms. The van der Waals surface area contributed by atoms with E-state index in [0.29, 0.717) is 12.5 Å². The lowest BCUT2D eigenvalue weighted by Crippen LogP contribution is -2.40. The van der Waals surface area contributed by atoms with Gasteiger partial charge in [0.15, 0.2) is 0 Å². The summed E-state index contributed by atoms with van der Waals surface area (Å²) in [6, 6.07) is 0. The summed E-state index contributed by atoms with van der Waals surface area (Å²) < 4.78 is 5.18. The first-order chi connectivity index (χ1) is 8.08. The van der Waals surface area contributed by atoms with Gasteiger partial charge in [-0.05, 0) is 38.5 Å². The van der Waals surface area contributed by atoms with Crippen molar-refractivity contribution in [3.8, 4) is 0 Å². The minimum atomic E-state index is -0.468. The summed E-state index contributed by atoms with van der Waals surface area (Å²) in [5.74, 6) is 0.875. The van der Waals surface area contributed by atoms with Crippen LogP contribution in [0.1, 0.15) is 26.7 Å². The van der Waals surface area contributed by atoms with E-state index in [4.69, 9.17) is 4.74 Å². The monoisotopic (exact) mass is 237 g/mol. The van der Waals surface area contributed by atoms with Gasteiger partial charge >= 0.3 is 6.09 Å². The highest BCUT2D eigenvalue weighted by atomic mass is 16.5. The Kier molecular flexibility index (Phi) is 3.22. The van der Waals surface area contributed by atoms with Gasteiger partial charge in [0.2, 0.25) is 0 Å². The van der Waals surface area contributed by atoms with Crippen LogP contribution in [-0.2, 0) is 9.53 Å². The molecule has 2 aliphatic rings. The Morgan fingerprint density at radius 1 is 1.47 bits per heavy atom. The number of alkyl carbamates (subject to hydrolysis) is 1. The molecule has 94 valence electrons. The van der Waals surface area contributed by atoms with Crippen molar-refractivity contribution in [2.24, 2.45) is 17.3 Å². The van der Waals surface area contributed by atoms with Crippen LogP contribution in [0.4, 0.5) is 4.79 Å². The summed E-state index contributed by atoms with van der Waals surface area (Å²) in [6.07, 6.45) is 5.70. The average Bonchev–Trinajstić information content (AvgIpc) is 2.87. The van der Waals surface area contributed by atoms with E-state index < -0.39 is 11.5 Å². The highest BCUT2D eigenvalue weighted by Gasteiger charge is 2.52. The van der Waals surface area contributed by atoms with E-state index in [1.165, 1.54) is 0 Å². The molecule has 2 aliphatic carbocycles. The van der Waals surface area contributed by atoms with Crippen molar-refractivity contribution in [3.63, 3.8) is 0 Å². The molecule has 0 aromatic rings. The van der Waals surface area contributed by atoms with Gasteiger partial charge in [0.05, 0.1) is 5.41 Å². The summed E-state index contributed by atoms with van der Waals surface area (Å²) in [5.41, 5.74) is -0.468. The van der Waals surface area contributed by atoms with Crippen LogP contribution in [0, 0.1) is 17.3 Å². The third-order valence-electron chi connectivity index (χ3n) is 3.99. The number of carbonyl (C=O) groups is 2. The number of ether oxygens (including phenoxy) is 1. The fourth-order valence-electron chi connectivity index (χ4n) is 3.02. The van der Waals surface area contributed by atoms with Gasteiger partial charge in [-0.25, -0.2) is 4.79 Å².